The predicted molar refractivity (Wildman–Crippen MR) is 83.0 cm³/mol. The van der Waals surface area contributed by atoms with Crippen molar-refractivity contribution in [3.05, 3.63) is 12.4 Å². The second kappa shape index (κ2) is 7.67. The van der Waals surface area contributed by atoms with Gasteiger partial charge in [0.2, 0.25) is 5.95 Å². The van der Waals surface area contributed by atoms with Gasteiger partial charge in [-0.1, -0.05) is 13.8 Å². The summed E-state index contributed by atoms with van der Waals surface area (Å²) in [6.45, 7) is 9.32. The average Bonchev–Trinajstić information content (AvgIpc) is 2.86. The maximum absolute atomic E-state index is 5.36. The molecule has 0 aromatic carbocycles. The number of anilines is 1. The molecule has 2 atom stereocenters. The van der Waals surface area contributed by atoms with Gasteiger partial charge in [0.1, 0.15) is 0 Å². The summed E-state index contributed by atoms with van der Waals surface area (Å²) in [5, 5.41) is 3.45. The Morgan fingerprint density at radius 1 is 1.30 bits per heavy atom. The molecular weight excluding hydrogens is 250 g/mol. The van der Waals surface area contributed by atoms with Crippen molar-refractivity contribution in [1.29, 1.82) is 0 Å². The Morgan fingerprint density at radius 3 is 2.75 bits per heavy atom. The van der Waals surface area contributed by atoms with Crippen molar-refractivity contribution in [3.63, 3.8) is 0 Å². The van der Waals surface area contributed by atoms with Crippen molar-refractivity contribution >= 4 is 5.95 Å². The first-order valence-electron chi connectivity index (χ1n) is 8.05. The highest BCUT2D eigenvalue weighted by Gasteiger charge is 2.26. The second-order valence-corrected chi connectivity index (χ2v) is 6.21. The van der Waals surface area contributed by atoms with Crippen LogP contribution in [-0.2, 0) is 4.74 Å². The molecule has 1 heterocycles. The van der Waals surface area contributed by atoms with Crippen LogP contribution >= 0.6 is 0 Å². The van der Waals surface area contributed by atoms with E-state index in [0.29, 0.717) is 6.04 Å². The van der Waals surface area contributed by atoms with Gasteiger partial charge >= 0.3 is 0 Å². The molecule has 0 bridgehead atoms. The summed E-state index contributed by atoms with van der Waals surface area (Å²) in [6, 6.07) is 0.602. The number of hydrogen-bond donors (Lipinski definition) is 1. The molecule has 4 heteroatoms. The maximum Gasteiger partial charge on any atom is 0.203 e. The van der Waals surface area contributed by atoms with Gasteiger partial charge in [-0.05, 0) is 44.4 Å². The van der Waals surface area contributed by atoms with Gasteiger partial charge in [0, 0.05) is 38.2 Å². The Kier molecular flexibility index (Phi) is 5.89. The smallest absolute Gasteiger partial charge is 0.203 e. The highest BCUT2D eigenvalue weighted by Crippen LogP contribution is 2.37. The van der Waals surface area contributed by atoms with E-state index in [9.17, 15) is 0 Å². The monoisotopic (exact) mass is 279 g/mol. The zero-order valence-corrected chi connectivity index (χ0v) is 13.1. The molecule has 1 fully saturated rings. The minimum absolute atomic E-state index is 0.602. The first-order valence-corrected chi connectivity index (χ1v) is 8.05. The maximum atomic E-state index is 5.36. The molecule has 4 nitrogen and oxygen atoms in total. The van der Waals surface area contributed by atoms with E-state index in [2.05, 4.69) is 34.9 Å². The fourth-order valence-corrected chi connectivity index (χ4v) is 3.39. The fourth-order valence-electron chi connectivity index (χ4n) is 3.39. The quantitative estimate of drug-likeness (QED) is 0.773. The average molecular weight is 279 g/mol. The van der Waals surface area contributed by atoms with Crippen molar-refractivity contribution < 1.29 is 4.74 Å². The van der Waals surface area contributed by atoms with E-state index in [4.69, 9.17) is 4.74 Å². The molecule has 1 aromatic heterocycles. The molecule has 20 heavy (non-hydrogen) atoms. The molecule has 1 aliphatic rings. The van der Waals surface area contributed by atoms with Gasteiger partial charge in [0.25, 0.3) is 0 Å². The van der Waals surface area contributed by atoms with Crippen molar-refractivity contribution in [2.45, 2.75) is 52.5 Å². The number of nitrogens with one attached hydrogen (secondary N) is 1. The molecule has 0 aliphatic heterocycles. The largest absolute Gasteiger partial charge is 0.382 e. The van der Waals surface area contributed by atoms with Crippen LogP contribution in [0, 0.1) is 11.8 Å². The van der Waals surface area contributed by atoms with E-state index < -0.39 is 0 Å². The van der Waals surface area contributed by atoms with Crippen LogP contribution in [0.3, 0.4) is 0 Å². The van der Waals surface area contributed by atoms with E-state index in [1.165, 1.54) is 19.3 Å². The molecule has 2 rings (SSSR count). The summed E-state index contributed by atoms with van der Waals surface area (Å²) in [4.78, 5) is 4.47. The summed E-state index contributed by atoms with van der Waals surface area (Å²) >= 11 is 0. The lowest BCUT2D eigenvalue weighted by Crippen LogP contribution is -2.23. The molecule has 114 valence electrons. The van der Waals surface area contributed by atoms with E-state index in [0.717, 1.165) is 44.0 Å². The number of aromatic nitrogens is 2. The van der Waals surface area contributed by atoms with E-state index in [-0.39, 0.29) is 0 Å². The number of ether oxygens (including phenoxy) is 1. The zero-order valence-electron chi connectivity index (χ0n) is 13.1. The van der Waals surface area contributed by atoms with Crippen LogP contribution in [0.1, 0.15) is 52.5 Å². The normalized spacial score (nSPS) is 26.6. The first-order chi connectivity index (χ1) is 9.70. The predicted octanol–water partition coefficient (Wildman–Crippen LogP) is 3.72. The van der Waals surface area contributed by atoms with Crippen LogP contribution in [0.2, 0.25) is 0 Å². The Bertz CT molecular complexity index is 381. The SMILES string of the molecule is CCOCCCNc1nccn1C1CC(C)CC(C)C1. The lowest BCUT2D eigenvalue weighted by molar-refractivity contribution is 0.147. The third-order valence-electron chi connectivity index (χ3n) is 4.17. The van der Waals surface area contributed by atoms with E-state index in [1.54, 1.807) is 0 Å². The van der Waals surface area contributed by atoms with Crippen molar-refractivity contribution in [2.75, 3.05) is 25.1 Å². The molecule has 1 aliphatic carbocycles. The highest BCUT2D eigenvalue weighted by atomic mass is 16.5. The summed E-state index contributed by atoms with van der Waals surface area (Å²) in [5.74, 6) is 2.65. The first kappa shape index (κ1) is 15.4. The van der Waals surface area contributed by atoms with Crippen LogP contribution in [0.5, 0.6) is 0 Å². The van der Waals surface area contributed by atoms with Crippen LogP contribution in [-0.4, -0.2) is 29.3 Å². The van der Waals surface area contributed by atoms with Gasteiger partial charge in [-0.25, -0.2) is 4.98 Å². The molecular formula is C16H29N3O. The molecule has 0 amide bonds. The van der Waals surface area contributed by atoms with Crippen LogP contribution in [0.4, 0.5) is 5.95 Å². The molecule has 0 radical (unpaired) electrons. The lowest BCUT2D eigenvalue weighted by atomic mass is 9.80. The minimum atomic E-state index is 0.602. The van der Waals surface area contributed by atoms with Gasteiger partial charge in [0.15, 0.2) is 0 Å². The van der Waals surface area contributed by atoms with Crippen molar-refractivity contribution in [2.24, 2.45) is 11.8 Å². The van der Waals surface area contributed by atoms with Gasteiger partial charge in [-0.15, -0.1) is 0 Å². The van der Waals surface area contributed by atoms with Crippen LogP contribution < -0.4 is 5.32 Å². The van der Waals surface area contributed by atoms with Crippen LogP contribution in [0.25, 0.3) is 0 Å². The standard InChI is InChI=1S/C16H29N3O/c1-4-20-9-5-6-17-16-18-7-8-19(16)15-11-13(2)10-14(3)12-15/h7-8,13-15H,4-6,9-12H2,1-3H3,(H,17,18). The number of rotatable bonds is 7. The summed E-state index contributed by atoms with van der Waals surface area (Å²) in [7, 11) is 0. The number of hydrogen-bond acceptors (Lipinski definition) is 3. The second-order valence-electron chi connectivity index (χ2n) is 6.21. The minimum Gasteiger partial charge on any atom is -0.382 e. The topological polar surface area (TPSA) is 39.1 Å². The Hall–Kier alpha value is -1.03. The van der Waals surface area contributed by atoms with Gasteiger partial charge in [0.05, 0.1) is 0 Å². The molecule has 1 saturated carbocycles. The summed E-state index contributed by atoms with van der Waals surface area (Å²) in [6.07, 6.45) is 8.97. The Balaban J connectivity index is 1.87. The van der Waals surface area contributed by atoms with Crippen LogP contribution in [0.15, 0.2) is 12.4 Å². The van der Waals surface area contributed by atoms with E-state index >= 15 is 0 Å². The third kappa shape index (κ3) is 4.23. The number of imidazole rings is 1. The highest BCUT2D eigenvalue weighted by molar-refractivity contribution is 5.26. The van der Waals surface area contributed by atoms with Gasteiger partial charge in [-0.3, -0.25) is 0 Å². The molecule has 1 aromatic rings. The van der Waals surface area contributed by atoms with Crippen molar-refractivity contribution in [3.8, 4) is 0 Å². The summed E-state index contributed by atoms with van der Waals surface area (Å²) < 4.78 is 7.70. The fraction of sp³-hybridized carbons (Fsp3) is 0.812. The van der Waals surface area contributed by atoms with Gasteiger partial charge in [-0.2, -0.15) is 0 Å². The zero-order chi connectivity index (χ0) is 14.4. The summed E-state index contributed by atoms with van der Waals surface area (Å²) in [5.41, 5.74) is 0. The molecule has 2 unspecified atom stereocenters. The Labute approximate surface area is 122 Å². The molecule has 0 spiro atoms. The molecule has 0 saturated heterocycles. The van der Waals surface area contributed by atoms with Crippen molar-refractivity contribution in [1.82, 2.24) is 9.55 Å². The number of nitrogens with zero attached hydrogens (tertiary/aromatic N) is 2. The molecule has 1 N–H and O–H groups in total. The van der Waals surface area contributed by atoms with E-state index in [1.807, 2.05) is 13.1 Å². The lowest BCUT2D eigenvalue weighted by Gasteiger charge is -2.33. The van der Waals surface area contributed by atoms with Gasteiger partial charge < -0.3 is 14.6 Å². The third-order valence-corrected chi connectivity index (χ3v) is 4.17. The Morgan fingerprint density at radius 2 is 2.05 bits per heavy atom.